The van der Waals surface area contributed by atoms with Crippen LogP contribution in [0, 0.1) is 5.92 Å². The lowest BCUT2D eigenvalue weighted by Crippen LogP contribution is -2.29. The Kier molecular flexibility index (Phi) is 4.01. The van der Waals surface area contributed by atoms with E-state index in [1.54, 1.807) is 6.07 Å². The monoisotopic (exact) mass is 383 g/mol. The molecule has 2 aromatic carbocycles. The van der Waals surface area contributed by atoms with Crippen LogP contribution < -0.4 is 5.32 Å². The third kappa shape index (κ3) is 2.55. The van der Waals surface area contributed by atoms with Crippen LogP contribution in [0.5, 0.6) is 0 Å². The summed E-state index contributed by atoms with van der Waals surface area (Å²) in [5.74, 6) is 0.576. The van der Waals surface area contributed by atoms with Crippen molar-refractivity contribution in [1.29, 1.82) is 0 Å². The predicted octanol–water partition coefficient (Wildman–Crippen LogP) is 7.13. The second kappa shape index (κ2) is 5.89. The average Bonchev–Trinajstić information content (AvgIpc) is 2.95. The van der Waals surface area contributed by atoms with Crippen LogP contribution in [0.25, 0.3) is 0 Å². The van der Waals surface area contributed by atoms with Gasteiger partial charge in [-0.05, 0) is 36.6 Å². The number of benzene rings is 2. The van der Waals surface area contributed by atoms with E-state index < -0.39 is 0 Å². The number of anilines is 1. The van der Waals surface area contributed by atoms with Gasteiger partial charge in [0.25, 0.3) is 0 Å². The van der Waals surface area contributed by atoms with Crippen molar-refractivity contribution in [3.05, 3.63) is 73.7 Å². The first-order valence-corrected chi connectivity index (χ1v) is 8.93. The largest absolute Gasteiger partial charge is 0.377 e. The molecule has 1 N–H and O–H groups in total. The highest BCUT2D eigenvalue weighted by molar-refractivity contribution is 6.36. The SMILES string of the molecule is Clc1cc(Cl)c2c(c1)NC(c1c(Cl)cccc1Cl)C1CC=CC21. The number of halogens is 4. The summed E-state index contributed by atoms with van der Waals surface area (Å²) in [6.45, 7) is 0. The first-order valence-electron chi connectivity index (χ1n) is 7.42. The van der Waals surface area contributed by atoms with Crippen molar-refractivity contribution in [3.63, 3.8) is 0 Å². The second-order valence-electron chi connectivity index (χ2n) is 5.96. The van der Waals surface area contributed by atoms with Gasteiger partial charge in [0.15, 0.2) is 0 Å². The van der Waals surface area contributed by atoms with E-state index in [4.69, 9.17) is 46.4 Å². The molecule has 1 nitrogen and oxygen atoms in total. The second-order valence-corrected chi connectivity index (χ2v) is 7.62. The molecule has 1 heterocycles. The van der Waals surface area contributed by atoms with Gasteiger partial charge < -0.3 is 5.32 Å². The molecule has 4 rings (SSSR count). The minimum Gasteiger partial charge on any atom is -0.377 e. The van der Waals surface area contributed by atoms with Gasteiger partial charge in [-0.15, -0.1) is 0 Å². The van der Waals surface area contributed by atoms with Crippen LogP contribution in [0.1, 0.15) is 29.5 Å². The number of hydrogen-bond donors (Lipinski definition) is 1. The zero-order valence-corrected chi connectivity index (χ0v) is 15.0. The van der Waals surface area contributed by atoms with Gasteiger partial charge in [0.1, 0.15) is 0 Å². The lowest BCUT2D eigenvalue weighted by atomic mass is 9.77. The highest BCUT2D eigenvalue weighted by Crippen LogP contribution is 2.54. The van der Waals surface area contributed by atoms with Gasteiger partial charge in [0.05, 0.1) is 6.04 Å². The number of allylic oxidation sites excluding steroid dienone is 2. The summed E-state index contributed by atoms with van der Waals surface area (Å²) in [5, 5.41) is 6.24. The first-order chi connectivity index (χ1) is 11.1. The van der Waals surface area contributed by atoms with E-state index in [9.17, 15) is 0 Å². The smallest absolute Gasteiger partial charge is 0.0583 e. The Bertz CT molecular complexity index is 795. The van der Waals surface area contributed by atoms with Crippen LogP contribution in [-0.4, -0.2) is 0 Å². The predicted molar refractivity (Wildman–Crippen MR) is 99.3 cm³/mol. The molecule has 0 radical (unpaired) electrons. The van der Waals surface area contributed by atoms with E-state index in [1.165, 1.54) is 0 Å². The van der Waals surface area contributed by atoms with E-state index in [-0.39, 0.29) is 12.0 Å². The Labute approximate surface area is 155 Å². The van der Waals surface area contributed by atoms with Gasteiger partial charge in [0, 0.05) is 42.8 Å². The molecule has 3 unspecified atom stereocenters. The Morgan fingerprint density at radius 2 is 1.65 bits per heavy atom. The van der Waals surface area contributed by atoms with Crippen molar-refractivity contribution in [3.8, 4) is 0 Å². The average molecular weight is 385 g/mol. The van der Waals surface area contributed by atoms with E-state index in [1.807, 2.05) is 24.3 Å². The number of hydrogen-bond acceptors (Lipinski definition) is 1. The van der Waals surface area contributed by atoms with Gasteiger partial charge in [-0.1, -0.05) is 64.6 Å². The summed E-state index contributed by atoms with van der Waals surface area (Å²) in [7, 11) is 0. The maximum Gasteiger partial charge on any atom is 0.0583 e. The minimum absolute atomic E-state index is 0.0261. The molecule has 23 heavy (non-hydrogen) atoms. The molecule has 3 atom stereocenters. The van der Waals surface area contributed by atoms with Crippen molar-refractivity contribution >= 4 is 52.1 Å². The zero-order chi connectivity index (χ0) is 16.1. The fourth-order valence-corrected chi connectivity index (χ4v) is 4.99. The van der Waals surface area contributed by atoms with Gasteiger partial charge in [-0.25, -0.2) is 0 Å². The molecule has 1 aliphatic heterocycles. The molecule has 2 aliphatic rings. The summed E-state index contributed by atoms with van der Waals surface area (Å²) in [6.07, 6.45) is 5.39. The van der Waals surface area contributed by atoms with Gasteiger partial charge in [-0.3, -0.25) is 0 Å². The first kappa shape index (κ1) is 15.7. The lowest BCUT2D eigenvalue weighted by Gasteiger charge is -2.38. The minimum atomic E-state index is 0.0261. The summed E-state index contributed by atoms with van der Waals surface area (Å²) in [6, 6.07) is 9.37. The Morgan fingerprint density at radius 3 is 2.39 bits per heavy atom. The van der Waals surface area contributed by atoms with E-state index in [2.05, 4.69) is 17.5 Å². The maximum absolute atomic E-state index is 6.46. The van der Waals surface area contributed by atoms with Crippen molar-refractivity contribution in [1.82, 2.24) is 0 Å². The number of rotatable bonds is 1. The Balaban J connectivity index is 1.88. The van der Waals surface area contributed by atoms with Crippen molar-refractivity contribution in [2.24, 2.45) is 5.92 Å². The van der Waals surface area contributed by atoms with Crippen LogP contribution in [0.3, 0.4) is 0 Å². The molecule has 0 saturated heterocycles. The molecular weight excluding hydrogens is 372 g/mol. The lowest BCUT2D eigenvalue weighted by molar-refractivity contribution is 0.426. The third-order valence-corrected chi connectivity index (χ3v) is 5.88. The van der Waals surface area contributed by atoms with Crippen LogP contribution >= 0.6 is 46.4 Å². The molecule has 0 bridgehead atoms. The van der Waals surface area contributed by atoms with Crippen LogP contribution in [0.2, 0.25) is 20.1 Å². The Morgan fingerprint density at radius 1 is 0.913 bits per heavy atom. The van der Waals surface area contributed by atoms with Gasteiger partial charge in [0.2, 0.25) is 0 Å². The molecule has 0 fully saturated rings. The summed E-state index contributed by atoms with van der Waals surface area (Å²) in [4.78, 5) is 0. The normalized spacial score (nSPS) is 25.0. The van der Waals surface area contributed by atoms with Gasteiger partial charge in [-0.2, -0.15) is 0 Å². The zero-order valence-electron chi connectivity index (χ0n) is 12.0. The van der Waals surface area contributed by atoms with E-state index in [0.717, 1.165) is 23.2 Å². The standard InChI is InChI=1S/C18H13Cl4N/c19-9-7-14(22)16-10-3-1-4-11(10)18(23-15(16)8-9)17-12(20)5-2-6-13(17)21/h1-3,5-8,10-11,18,23H,4H2. The summed E-state index contributed by atoms with van der Waals surface area (Å²) < 4.78 is 0. The van der Waals surface area contributed by atoms with Crippen molar-refractivity contribution in [2.45, 2.75) is 18.4 Å². The van der Waals surface area contributed by atoms with Crippen molar-refractivity contribution < 1.29 is 0 Å². The molecule has 0 saturated carbocycles. The molecular formula is C18H13Cl4N. The van der Waals surface area contributed by atoms with E-state index in [0.29, 0.717) is 26.0 Å². The van der Waals surface area contributed by atoms with Gasteiger partial charge >= 0.3 is 0 Å². The number of nitrogens with one attached hydrogen (secondary N) is 1. The molecule has 118 valence electrons. The van der Waals surface area contributed by atoms with E-state index >= 15 is 0 Å². The van der Waals surface area contributed by atoms with Crippen LogP contribution in [0.15, 0.2) is 42.5 Å². The van der Waals surface area contributed by atoms with Crippen LogP contribution in [-0.2, 0) is 0 Å². The molecule has 1 aliphatic carbocycles. The fraction of sp³-hybridized carbons (Fsp3) is 0.222. The van der Waals surface area contributed by atoms with Crippen LogP contribution in [0.4, 0.5) is 5.69 Å². The highest BCUT2D eigenvalue weighted by Gasteiger charge is 2.40. The molecule has 2 aromatic rings. The Hall–Kier alpha value is -0.860. The summed E-state index contributed by atoms with van der Waals surface area (Å²) >= 11 is 25.5. The number of fused-ring (bicyclic) bond motifs is 3. The topological polar surface area (TPSA) is 12.0 Å². The maximum atomic E-state index is 6.46. The molecule has 0 amide bonds. The summed E-state index contributed by atoms with van der Waals surface area (Å²) in [5.41, 5.74) is 3.00. The fourth-order valence-electron chi connectivity index (χ4n) is 3.74. The molecule has 5 heteroatoms. The molecule has 0 spiro atoms. The highest BCUT2D eigenvalue weighted by atomic mass is 35.5. The third-order valence-electron chi connectivity index (χ3n) is 4.69. The molecule has 0 aromatic heterocycles. The van der Waals surface area contributed by atoms with Crippen molar-refractivity contribution in [2.75, 3.05) is 5.32 Å². The quantitative estimate of drug-likeness (QED) is 0.515.